The Morgan fingerprint density at radius 3 is 2.46 bits per heavy atom. The smallest absolute Gasteiger partial charge is 0.306 e. The second-order valence-corrected chi connectivity index (χ2v) is 5.61. The summed E-state index contributed by atoms with van der Waals surface area (Å²) in [6.07, 6.45) is 1.36. The molecule has 134 valence electrons. The Bertz CT molecular complexity index is 920. The summed E-state index contributed by atoms with van der Waals surface area (Å²) >= 11 is 0. The van der Waals surface area contributed by atoms with Crippen LogP contribution in [0.1, 0.15) is 13.8 Å². The van der Waals surface area contributed by atoms with Gasteiger partial charge in [-0.05, 0) is 50.2 Å². The highest BCUT2D eigenvalue weighted by Gasteiger charge is 2.17. The van der Waals surface area contributed by atoms with Crippen molar-refractivity contribution in [1.82, 2.24) is 14.8 Å². The summed E-state index contributed by atoms with van der Waals surface area (Å²) < 4.78 is 15.0. The zero-order valence-electron chi connectivity index (χ0n) is 14.5. The Morgan fingerprint density at radius 1 is 1.15 bits per heavy atom. The summed E-state index contributed by atoms with van der Waals surface area (Å²) in [4.78, 5) is 16.7. The van der Waals surface area contributed by atoms with E-state index in [4.69, 9.17) is 0 Å². The first-order valence-electron chi connectivity index (χ1n) is 8.24. The van der Waals surface area contributed by atoms with Gasteiger partial charge in [0.15, 0.2) is 5.82 Å². The molecule has 0 unspecified atom stereocenters. The predicted molar refractivity (Wildman–Crippen MR) is 97.0 cm³/mol. The quantitative estimate of drug-likeness (QED) is 0.496. The minimum atomic E-state index is -0.885. The highest BCUT2D eigenvalue weighted by molar-refractivity contribution is 5.62. The zero-order valence-corrected chi connectivity index (χ0v) is 14.5. The lowest BCUT2D eigenvalue weighted by Crippen LogP contribution is -2.21. The van der Waals surface area contributed by atoms with Gasteiger partial charge in [-0.2, -0.15) is 9.49 Å². The molecule has 26 heavy (non-hydrogen) atoms. The van der Waals surface area contributed by atoms with Crippen molar-refractivity contribution in [2.45, 2.75) is 13.8 Å². The van der Waals surface area contributed by atoms with E-state index in [9.17, 15) is 14.5 Å². The number of anilines is 1. The van der Waals surface area contributed by atoms with Crippen LogP contribution in [0.15, 0.2) is 48.8 Å². The van der Waals surface area contributed by atoms with Crippen molar-refractivity contribution in [3.8, 4) is 17.1 Å². The molecule has 3 rings (SSSR count). The van der Waals surface area contributed by atoms with Crippen LogP contribution < -0.4 is 4.90 Å². The molecule has 0 amide bonds. The molecular formula is C18H18FN5O2. The van der Waals surface area contributed by atoms with Gasteiger partial charge in [-0.3, -0.25) is 10.1 Å². The second-order valence-electron chi connectivity index (χ2n) is 5.61. The van der Waals surface area contributed by atoms with Crippen LogP contribution in [0.3, 0.4) is 0 Å². The number of nitro groups is 1. The summed E-state index contributed by atoms with van der Waals surface area (Å²) in [6, 6.07) is 11.5. The summed E-state index contributed by atoms with van der Waals surface area (Å²) in [5.41, 5.74) is 1.69. The van der Waals surface area contributed by atoms with Crippen LogP contribution in [-0.2, 0) is 0 Å². The van der Waals surface area contributed by atoms with Crippen molar-refractivity contribution in [2.75, 3.05) is 18.0 Å². The lowest BCUT2D eigenvalue weighted by Gasteiger charge is -2.21. The Labute approximate surface area is 149 Å². The number of rotatable bonds is 6. The molecule has 0 aliphatic rings. The minimum Gasteiger partial charge on any atom is -0.372 e. The van der Waals surface area contributed by atoms with Gasteiger partial charge in [-0.1, -0.05) is 0 Å². The van der Waals surface area contributed by atoms with Gasteiger partial charge in [0.25, 0.3) is 0 Å². The van der Waals surface area contributed by atoms with Crippen LogP contribution in [0.5, 0.6) is 0 Å². The van der Waals surface area contributed by atoms with Crippen LogP contribution in [-0.4, -0.2) is 32.8 Å². The van der Waals surface area contributed by atoms with Gasteiger partial charge in [-0.15, -0.1) is 0 Å². The van der Waals surface area contributed by atoms with E-state index >= 15 is 0 Å². The van der Waals surface area contributed by atoms with E-state index in [1.54, 1.807) is 0 Å². The van der Waals surface area contributed by atoms with E-state index in [-0.39, 0.29) is 0 Å². The third kappa shape index (κ3) is 3.26. The molecule has 1 aromatic heterocycles. The minimum absolute atomic E-state index is 0.374. The van der Waals surface area contributed by atoms with Crippen molar-refractivity contribution < 1.29 is 9.31 Å². The lowest BCUT2D eigenvalue weighted by atomic mass is 10.1. The van der Waals surface area contributed by atoms with Crippen molar-refractivity contribution >= 4 is 11.4 Å². The molecule has 0 atom stereocenters. The Balaban J connectivity index is 1.99. The molecule has 0 saturated heterocycles. The van der Waals surface area contributed by atoms with Crippen molar-refractivity contribution in [1.29, 1.82) is 0 Å². The molecule has 7 nitrogen and oxygen atoms in total. The SMILES string of the molecule is CCN(CC)c1ccc(-c2ncnn2-c2ccc(F)c([N+](=O)[O-])c2)cc1. The van der Waals surface area contributed by atoms with Gasteiger partial charge in [-0.25, -0.2) is 9.67 Å². The highest BCUT2D eigenvalue weighted by Crippen LogP contribution is 2.26. The molecule has 1 heterocycles. The lowest BCUT2D eigenvalue weighted by molar-refractivity contribution is -0.387. The summed E-state index contributed by atoms with van der Waals surface area (Å²) in [7, 11) is 0. The maximum absolute atomic E-state index is 13.6. The third-order valence-corrected chi connectivity index (χ3v) is 4.17. The monoisotopic (exact) mass is 355 g/mol. The van der Waals surface area contributed by atoms with Gasteiger partial charge in [0.2, 0.25) is 5.82 Å². The fraction of sp³-hybridized carbons (Fsp3) is 0.222. The van der Waals surface area contributed by atoms with Gasteiger partial charge in [0.05, 0.1) is 10.6 Å². The number of nitrogens with zero attached hydrogens (tertiary/aromatic N) is 5. The summed E-state index contributed by atoms with van der Waals surface area (Å²) in [6.45, 7) is 6.00. The van der Waals surface area contributed by atoms with E-state index in [1.165, 1.54) is 17.1 Å². The van der Waals surface area contributed by atoms with Crippen molar-refractivity contribution in [3.05, 3.63) is 64.7 Å². The third-order valence-electron chi connectivity index (χ3n) is 4.17. The van der Waals surface area contributed by atoms with E-state index in [2.05, 4.69) is 28.8 Å². The molecule has 3 aromatic rings. The molecule has 8 heteroatoms. The van der Waals surface area contributed by atoms with Gasteiger partial charge in [0, 0.05) is 30.4 Å². The van der Waals surface area contributed by atoms with Gasteiger partial charge >= 0.3 is 5.69 Å². The average Bonchev–Trinajstić information content (AvgIpc) is 3.13. The summed E-state index contributed by atoms with van der Waals surface area (Å²) in [5, 5.41) is 15.1. The van der Waals surface area contributed by atoms with Gasteiger partial charge < -0.3 is 4.90 Å². The Kier molecular flexibility index (Phi) is 4.92. The molecule has 2 aromatic carbocycles. The number of hydrogen-bond donors (Lipinski definition) is 0. The van der Waals surface area contributed by atoms with Gasteiger partial charge in [0.1, 0.15) is 6.33 Å². The molecular weight excluding hydrogens is 337 g/mol. The van der Waals surface area contributed by atoms with E-state index in [1.807, 2.05) is 24.3 Å². The number of hydrogen-bond acceptors (Lipinski definition) is 5. The standard InChI is InChI=1S/C18H18FN5O2/c1-3-22(4-2)14-7-5-13(6-8-14)18-20-12-21-23(18)15-9-10-16(19)17(11-15)24(25)26/h5-12H,3-4H2,1-2H3. The van der Waals surface area contributed by atoms with Crippen LogP contribution in [0, 0.1) is 15.9 Å². The molecule has 0 saturated carbocycles. The largest absolute Gasteiger partial charge is 0.372 e. The Morgan fingerprint density at radius 2 is 1.85 bits per heavy atom. The van der Waals surface area contributed by atoms with Crippen molar-refractivity contribution in [2.24, 2.45) is 0 Å². The molecule has 0 aliphatic carbocycles. The topological polar surface area (TPSA) is 77.1 Å². The van der Waals surface area contributed by atoms with E-state index in [0.29, 0.717) is 11.5 Å². The number of benzene rings is 2. The highest BCUT2D eigenvalue weighted by atomic mass is 19.1. The van der Waals surface area contributed by atoms with Crippen LogP contribution >= 0.6 is 0 Å². The first kappa shape index (κ1) is 17.5. The fourth-order valence-electron chi connectivity index (χ4n) is 2.81. The van der Waals surface area contributed by atoms with Crippen LogP contribution in [0.4, 0.5) is 15.8 Å². The zero-order chi connectivity index (χ0) is 18.7. The fourth-order valence-corrected chi connectivity index (χ4v) is 2.81. The maximum atomic E-state index is 13.6. The van der Waals surface area contributed by atoms with E-state index in [0.717, 1.165) is 36.5 Å². The number of nitro benzene ring substituents is 1. The normalized spacial score (nSPS) is 10.7. The maximum Gasteiger partial charge on any atom is 0.306 e. The van der Waals surface area contributed by atoms with Crippen LogP contribution in [0.25, 0.3) is 17.1 Å². The average molecular weight is 355 g/mol. The molecule has 0 radical (unpaired) electrons. The predicted octanol–water partition coefficient (Wildman–Crippen LogP) is 3.83. The summed E-state index contributed by atoms with van der Waals surface area (Å²) in [5.74, 6) is -0.360. The second kappa shape index (κ2) is 7.30. The van der Waals surface area contributed by atoms with Crippen LogP contribution in [0.2, 0.25) is 0 Å². The molecule has 0 spiro atoms. The molecule has 0 bridgehead atoms. The molecule has 0 aliphatic heterocycles. The molecule has 0 N–H and O–H groups in total. The first-order chi connectivity index (χ1) is 12.5. The molecule has 0 fully saturated rings. The van der Waals surface area contributed by atoms with E-state index < -0.39 is 16.4 Å². The Hall–Kier alpha value is -3.29. The number of halogens is 1. The first-order valence-corrected chi connectivity index (χ1v) is 8.24. The van der Waals surface area contributed by atoms with Crippen molar-refractivity contribution in [3.63, 3.8) is 0 Å². The number of aromatic nitrogens is 3.